The highest BCUT2D eigenvalue weighted by Crippen LogP contribution is 2.41. The monoisotopic (exact) mass is 490 g/mol. The number of nitrogens with zero attached hydrogens (tertiary/aromatic N) is 3. The molecular weight excluding hydrogens is 460 g/mol. The van der Waals surface area contributed by atoms with Gasteiger partial charge in [-0.05, 0) is 40.7 Å². The largest absolute Gasteiger partial charge is 0.490 e. The zero-order valence-electron chi connectivity index (χ0n) is 20.8. The number of carbonyl (C=O) groups excluding carboxylic acids is 2. The molecule has 1 aromatic heterocycles. The predicted molar refractivity (Wildman–Crippen MR) is 128 cm³/mol. The molecule has 12 heteroatoms. The predicted octanol–water partition coefficient (Wildman–Crippen LogP) is 3.30. The number of methoxy groups -OCH3 is 1. The molecule has 0 saturated carbocycles. The maximum Gasteiger partial charge on any atom is 0.326 e. The highest BCUT2D eigenvalue weighted by Gasteiger charge is 2.27. The SMILES string of the molecule is CCC(=O)Oc1cc(-c2cnc(NC(C)C)c(=O)n2CC(=O)OC(C)(C)C)c(OC)c([N+](=O)[O-])c1. The average Bonchev–Trinajstić information content (AvgIpc) is 2.74. The third-order valence-corrected chi connectivity index (χ3v) is 4.43. The standard InChI is InChI=1S/C23H30N4O8/c1-8-18(28)34-14-9-15(20(33-7)16(10-14)27(31)32)17-11-24-21(25-13(2)3)22(30)26(17)12-19(29)35-23(4,5)6/h9-11,13H,8,12H2,1-7H3,(H,24,25). The smallest absolute Gasteiger partial charge is 0.326 e. The molecule has 1 aromatic carbocycles. The fourth-order valence-corrected chi connectivity index (χ4v) is 3.13. The number of esters is 2. The first-order valence-electron chi connectivity index (χ1n) is 10.9. The minimum absolute atomic E-state index is 0.0191. The summed E-state index contributed by atoms with van der Waals surface area (Å²) in [5.74, 6) is -1.66. The molecule has 2 rings (SSSR count). The van der Waals surface area contributed by atoms with E-state index in [0.29, 0.717) is 0 Å². The van der Waals surface area contributed by atoms with E-state index in [4.69, 9.17) is 14.2 Å². The van der Waals surface area contributed by atoms with E-state index in [1.165, 1.54) is 19.4 Å². The number of nitrogens with one attached hydrogen (secondary N) is 1. The second kappa shape index (κ2) is 11.0. The molecule has 190 valence electrons. The van der Waals surface area contributed by atoms with Crippen molar-refractivity contribution in [2.75, 3.05) is 12.4 Å². The molecule has 2 aromatic rings. The number of rotatable bonds is 9. The first kappa shape index (κ1) is 27.3. The molecule has 1 heterocycles. The first-order valence-corrected chi connectivity index (χ1v) is 10.9. The van der Waals surface area contributed by atoms with Gasteiger partial charge in [0.15, 0.2) is 5.82 Å². The lowest BCUT2D eigenvalue weighted by atomic mass is 10.1. The molecule has 0 aliphatic rings. The fraction of sp³-hybridized carbons (Fsp3) is 0.478. The van der Waals surface area contributed by atoms with E-state index in [1.54, 1.807) is 27.7 Å². The minimum Gasteiger partial charge on any atom is -0.490 e. The van der Waals surface area contributed by atoms with Gasteiger partial charge in [-0.15, -0.1) is 0 Å². The summed E-state index contributed by atoms with van der Waals surface area (Å²) >= 11 is 0. The second-order valence-electron chi connectivity index (χ2n) is 8.88. The second-order valence-corrected chi connectivity index (χ2v) is 8.88. The third-order valence-electron chi connectivity index (χ3n) is 4.43. The summed E-state index contributed by atoms with van der Waals surface area (Å²) in [7, 11) is 1.22. The molecule has 0 unspecified atom stereocenters. The van der Waals surface area contributed by atoms with Crippen LogP contribution in [0.2, 0.25) is 0 Å². The Morgan fingerprint density at radius 3 is 2.40 bits per heavy atom. The fourth-order valence-electron chi connectivity index (χ4n) is 3.13. The summed E-state index contributed by atoms with van der Waals surface area (Å²) in [6.45, 7) is 9.75. The lowest BCUT2D eigenvalue weighted by Gasteiger charge is -2.21. The lowest BCUT2D eigenvalue weighted by molar-refractivity contribution is -0.385. The number of anilines is 1. The number of carbonyl (C=O) groups is 2. The van der Waals surface area contributed by atoms with E-state index >= 15 is 0 Å². The van der Waals surface area contributed by atoms with Crippen molar-refractivity contribution in [3.05, 3.63) is 38.8 Å². The highest BCUT2D eigenvalue weighted by atomic mass is 16.6. The van der Waals surface area contributed by atoms with Gasteiger partial charge in [-0.1, -0.05) is 6.92 Å². The van der Waals surface area contributed by atoms with Crippen LogP contribution in [0, 0.1) is 10.1 Å². The van der Waals surface area contributed by atoms with Crippen molar-refractivity contribution >= 4 is 23.4 Å². The quantitative estimate of drug-likeness (QED) is 0.240. The molecular formula is C23H30N4O8. The lowest BCUT2D eigenvalue weighted by Crippen LogP contribution is -2.33. The zero-order valence-corrected chi connectivity index (χ0v) is 20.8. The van der Waals surface area contributed by atoms with Crippen LogP contribution in [0.3, 0.4) is 0 Å². The van der Waals surface area contributed by atoms with E-state index in [2.05, 4.69) is 10.3 Å². The minimum atomic E-state index is -0.808. The molecule has 0 spiro atoms. The van der Waals surface area contributed by atoms with Gasteiger partial charge in [0.25, 0.3) is 5.56 Å². The highest BCUT2D eigenvalue weighted by molar-refractivity contribution is 5.79. The van der Waals surface area contributed by atoms with Gasteiger partial charge in [-0.2, -0.15) is 0 Å². The van der Waals surface area contributed by atoms with Crippen LogP contribution in [0.4, 0.5) is 11.5 Å². The summed E-state index contributed by atoms with van der Waals surface area (Å²) < 4.78 is 16.9. The van der Waals surface area contributed by atoms with E-state index in [9.17, 15) is 24.5 Å². The van der Waals surface area contributed by atoms with Gasteiger partial charge >= 0.3 is 17.6 Å². The molecule has 0 amide bonds. The third kappa shape index (κ3) is 7.01. The summed E-state index contributed by atoms with van der Waals surface area (Å²) in [5.41, 5.74) is -1.89. The van der Waals surface area contributed by atoms with Crippen LogP contribution in [0.5, 0.6) is 11.5 Å². The Kier molecular flexibility index (Phi) is 8.56. The van der Waals surface area contributed by atoms with Gasteiger partial charge in [0, 0.05) is 12.5 Å². The van der Waals surface area contributed by atoms with Gasteiger partial charge in [0.1, 0.15) is 17.9 Å². The van der Waals surface area contributed by atoms with Crippen LogP contribution in [0.25, 0.3) is 11.3 Å². The molecule has 0 bridgehead atoms. The summed E-state index contributed by atoms with van der Waals surface area (Å²) in [6.07, 6.45) is 1.32. The Bertz CT molecular complexity index is 1180. The van der Waals surface area contributed by atoms with Gasteiger partial charge in [0.05, 0.1) is 35.6 Å². The molecule has 0 atom stereocenters. The molecule has 1 N–H and O–H groups in total. The Balaban J connectivity index is 2.82. The molecule has 0 aliphatic heterocycles. The van der Waals surface area contributed by atoms with Crippen molar-refractivity contribution in [3.63, 3.8) is 0 Å². The number of ether oxygens (including phenoxy) is 3. The zero-order chi connectivity index (χ0) is 26.5. The summed E-state index contributed by atoms with van der Waals surface area (Å²) in [6, 6.07) is 2.23. The normalized spacial score (nSPS) is 11.2. The van der Waals surface area contributed by atoms with Crippen molar-refractivity contribution in [2.45, 2.75) is 66.2 Å². The number of aromatic nitrogens is 2. The van der Waals surface area contributed by atoms with Gasteiger partial charge < -0.3 is 19.5 Å². The molecule has 12 nitrogen and oxygen atoms in total. The van der Waals surface area contributed by atoms with Crippen LogP contribution < -0.4 is 20.3 Å². The van der Waals surface area contributed by atoms with Crippen molar-refractivity contribution in [3.8, 4) is 22.8 Å². The number of hydrogen-bond acceptors (Lipinski definition) is 10. The van der Waals surface area contributed by atoms with E-state index in [-0.39, 0.29) is 41.0 Å². The maximum atomic E-state index is 13.3. The summed E-state index contributed by atoms with van der Waals surface area (Å²) in [4.78, 5) is 53.0. The van der Waals surface area contributed by atoms with Crippen molar-refractivity contribution in [1.29, 1.82) is 0 Å². The van der Waals surface area contributed by atoms with E-state index < -0.39 is 40.3 Å². The molecule has 35 heavy (non-hydrogen) atoms. The van der Waals surface area contributed by atoms with E-state index in [1.807, 2.05) is 13.8 Å². The number of hydrogen-bond donors (Lipinski definition) is 1. The van der Waals surface area contributed by atoms with Crippen molar-refractivity contribution in [2.24, 2.45) is 0 Å². The maximum absolute atomic E-state index is 13.3. The van der Waals surface area contributed by atoms with Gasteiger partial charge in [-0.25, -0.2) is 4.98 Å². The Morgan fingerprint density at radius 2 is 1.89 bits per heavy atom. The van der Waals surface area contributed by atoms with Crippen LogP contribution in [-0.4, -0.2) is 45.2 Å². The first-order chi connectivity index (χ1) is 16.3. The van der Waals surface area contributed by atoms with Crippen LogP contribution in [0.1, 0.15) is 48.0 Å². The van der Waals surface area contributed by atoms with Crippen LogP contribution >= 0.6 is 0 Å². The van der Waals surface area contributed by atoms with Crippen molar-refractivity contribution in [1.82, 2.24) is 9.55 Å². The van der Waals surface area contributed by atoms with E-state index in [0.717, 1.165) is 10.6 Å². The van der Waals surface area contributed by atoms with Gasteiger partial charge in [-0.3, -0.25) is 29.1 Å². The molecule has 0 radical (unpaired) electrons. The summed E-state index contributed by atoms with van der Waals surface area (Å²) in [5, 5.41) is 14.7. The topological polar surface area (TPSA) is 152 Å². The Hall–Kier alpha value is -3.96. The molecule has 0 fully saturated rings. The average molecular weight is 491 g/mol. The molecule has 0 aliphatic carbocycles. The number of benzene rings is 1. The van der Waals surface area contributed by atoms with Crippen LogP contribution in [-0.2, 0) is 20.9 Å². The Labute approximate surface area is 202 Å². The molecule has 0 saturated heterocycles. The van der Waals surface area contributed by atoms with Crippen LogP contribution in [0.15, 0.2) is 23.1 Å². The van der Waals surface area contributed by atoms with Gasteiger partial charge in [0.2, 0.25) is 5.75 Å². The van der Waals surface area contributed by atoms with Crippen molar-refractivity contribution < 1.29 is 28.7 Å². The Morgan fingerprint density at radius 1 is 1.23 bits per heavy atom. The number of nitro groups is 1. The number of nitro benzene ring substituents is 1.